The van der Waals surface area contributed by atoms with E-state index in [1.165, 1.54) is 40.6 Å². The van der Waals surface area contributed by atoms with Gasteiger partial charge in [0.15, 0.2) is 0 Å². The Morgan fingerprint density at radius 3 is 2.22 bits per heavy atom. The molecule has 10 nitrogen and oxygen atoms in total. The molecule has 2 fully saturated rings. The van der Waals surface area contributed by atoms with Gasteiger partial charge >= 0.3 is 5.69 Å². The summed E-state index contributed by atoms with van der Waals surface area (Å²) in [5, 5.41) is 10.5. The van der Waals surface area contributed by atoms with Gasteiger partial charge in [-0.2, -0.15) is 22.0 Å². The predicted octanol–water partition coefficient (Wildman–Crippen LogP) is 4.37. The zero-order chi connectivity index (χ0) is 30.8. The van der Waals surface area contributed by atoms with Gasteiger partial charge in [-0.15, -0.1) is 0 Å². The van der Waals surface area contributed by atoms with E-state index in [4.69, 9.17) is 4.74 Å². The highest BCUT2D eigenvalue weighted by atomic mass is 32.2. The van der Waals surface area contributed by atoms with Gasteiger partial charge in [-0.1, -0.05) is 18.2 Å². The zero-order valence-electron chi connectivity index (χ0n) is 24.4. The molecule has 0 aliphatic carbocycles. The molecule has 0 radical (unpaired) electrons. The summed E-state index contributed by atoms with van der Waals surface area (Å²) in [5.74, 6) is -0.426. The molecule has 0 bridgehead atoms. The van der Waals surface area contributed by atoms with Gasteiger partial charge in [0.05, 0.1) is 18.8 Å². The maximum atomic E-state index is 14.9. The monoisotopic (exact) mass is 630 g/mol. The van der Waals surface area contributed by atoms with Crippen LogP contribution in [-0.4, -0.2) is 67.6 Å². The number of aromatic amines is 1. The molecule has 3 aromatic carbocycles. The van der Waals surface area contributed by atoms with Gasteiger partial charge in [0, 0.05) is 60.2 Å². The molecule has 1 N–H and O–H groups in total. The molecule has 232 valence electrons. The Labute approximate surface area is 262 Å². The second-order valence-electron chi connectivity index (χ2n) is 11.3. The minimum absolute atomic E-state index is 0.139. The third-order valence-corrected chi connectivity index (χ3v) is 9.80. The number of benzene rings is 3. The second-order valence-corrected chi connectivity index (χ2v) is 12.6. The van der Waals surface area contributed by atoms with Crippen LogP contribution >= 0.6 is 11.8 Å². The molecule has 45 heavy (non-hydrogen) atoms. The van der Waals surface area contributed by atoms with Crippen LogP contribution in [0.3, 0.4) is 0 Å². The Morgan fingerprint density at radius 1 is 0.911 bits per heavy atom. The first kappa shape index (κ1) is 29.2. The van der Waals surface area contributed by atoms with Crippen LogP contribution in [0.15, 0.2) is 90.5 Å². The minimum Gasteiger partial charge on any atom is -0.368 e. The number of thioether (sulfide) groups is 1. The maximum Gasteiger partial charge on any atom is 0.347 e. The van der Waals surface area contributed by atoms with Crippen LogP contribution in [0.5, 0.6) is 0 Å². The first-order chi connectivity index (χ1) is 22.0. The molecule has 2 aromatic heterocycles. The average Bonchev–Trinajstić information content (AvgIpc) is 3.83. The minimum atomic E-state index is -0.948. The first-order valence-corrected chi connectivity index (χ1v) is 15.9. The molecule has 2 atom stereocenters. The van der Waals surface area contributed by atoms with Gasteiger partial charge in [-0.05, 0) is 54.4 Å². The van der Waals surface area contributed by atoms with Crippen LogP contribution in [0.1, 0.15) is 17.5 Å². The number of hydrogen-bond donors (Lipinski definition) is 1. The van der Waals surface area contributed by atoms with Gasteiger partial charge in [0.1, 0.15) is 36.2 Å². The Balaban J connectivity index is 0.936. The smallest absolute Gasteiger partial charge is 0.347 e. The summed E-state index contributed by atoms with van der Waals surface area (Å²) in [6, 6.07) is 20.3. The molecule has 0 amide bonds. The van der Waals surface area contributed by atoms with Crippen molar-refractivity contribution in [3.8, 4) is 5.69 Å². The summed E-state index contributed by atoms with van der Waals surface area (Å²) in [5.41, 5.74) is 3.45. The van der Waals surface area contributed by atoms with Crippen molar-refractivity contribution in [2.75, 3.05) is 42.6 Å². The van der Waals surface area contributed by atoms with Crippen molar-refractivity contribution in [3.63, 3.8) is 0 Å². The van der Waals surface area contributed by atoms with E-state index >= 15 is 0 Å². The lowest BCUT2D eigenvalue weighted by Crippen LogP contribution is -2.46. The van der Waals surface area contributed by atoms with Crippen molar-refractivity contribution < 1.29 is 13.5 Å². The highest BCUT2D eigenvalue weighted by Gasteiger charge is 2.44. The SMILES string of the molecule is O=c1[nH]ncn1-c1ccc(N2CCN(c3ccc(CSC4COC(Cn5cncn5)(c5ccc(F)cc5F)C4)cc3)CC2)cc1. The number of halogens is 2. The molecule has 2 saturated heterocycles. The van der Waals surface area contributed by atoms with Gasteiger partial charge < -0.3 is 14.5 Å². The Kier molecular flexibility index (Phi) is 8.11. The fourth-order valence-electron chi connectivity index (χ4n) is 6.16. The largest absolute Gasteiger partial charge is 0.368 e. The summed E-state index contributed by atoms with van der Waals surface area (Å²) in [6.07, 6.45) is 5.08. The third kappa shape index (κ3) is 6.22. The molecular weight excluding hydrogens is 598 g/mol. The summed E-state index contributed by atoms with van der Waals surface area (Å²) in [6.45, 7) is 4.37. The first-order valence-electron chi connectivity index (χ1n) is 14.8. The van der Waals surface area contributed by atoms with Crippen molar-refractivity contribution in [1.29, 1.82) is 0 Å². The Morgan fingerprint density at radius 2 is 1.60 bits per heavy atom. The number of nitrogens with zero attached hydrogens (tertiary/aromatic N) is 7. The normalized spacial score (nSPS) is 20.2. The molecule has 5 aromatic rings. The van der Waals surface area contributed by atoms with E-state index in [0.29, 0.717) is 25.1 Å². The molecule has 0 saturated carbocycles. The molecule has 2 aliphatic rings. The van der Waals surface area contributed by atoms with Gasteiger partial charge in [0.2, 0.25) is 0 Å². The molecule has 4 heterocycles. The molecule has 0 spiro atoms. The van der Waals surface area contributed by atoms with Crippen LogP contribution in [0.25, 0.3) is 5.69 Å². The number of ether oxygens (including phenoxy) is 1. The van der Waals surface area contributed by atoms with Crippen LogP contribution < -0.4 is 15.5 Å². The Hall–Kier alpha value is -4.49. The number of piperazine rings is 1. The number of hydrogen-bond acceptors (Lipinski definition) is 8. The van der Waals surface area contributed by atoms with Crippen molar-refractivity contribution in [2.24, 2.45) is 0 Å². The van der Waals surface area contributed by atoms with Crippen molar-refractivity contribution in [1.82, 2.24) is 29.5 Å². The number of nitrogens with one attached hydrogen (secondary N) is 1. The van der Waals surface area contributed by atoms with Crippen LogP contribution in [0.4, 0.5) is 20.2 Å². The van der Waals surface area contributed by atoms with E-state index in [-0.39, 0.29) is 10.9 Å². The highest BCUT2D eigenvalue weighted by molar-refractivity contribution is 7.99. The van der Waals surface area contributed by atoms with Gasteiger partial charge in [-0.3, -0.25) is 0 Å². The second kappa shape index (κ2) is 12.5. The van der Waals surface area contributed by atoms with E-state index in [1.54, 1.807) is 22.8 Å². The standard InChI is InChI=1S/C32H32F2N8O2S/c33-24-3-10-29(30(34)15-24)32(19-41-21-35-20-37-41)16-28(17-44-32)45-18-23-1-4-25(5-2-23)39-11-13-40(14-12-39)26-6-8-27(9-7-26)42-22-36-38-31(42)43/h1-10,15,20-22,28H,11-14,16-19H2,(H,38,43). The third-order valence-electron chi connectivity index (χ3n) is 8.52. The number of aromatic nitrogens is 6. The molecule has 2 unspecified atom stereocenters. The molecule has 7 rings (SSSR count). The molecule has 13 heteroatoms. The fourth-order valence-corrected chi connectivity index (χ4v) is 7.33. The highest BCUT2D eigenvalue weighted by Crippen LogP contribution is 2.43. The van der Waals surface area contributed by atoms with Crippen LogP contribution in [0, 0.1) is 11.6 Å². The lowest BCUT2D eigenvalue weighted by Gasteiger charge is -2.37. The molecule has 2 aliphatic heterocycles. The maximum absolute atomic E-state index is 14.9. The number of anilines is 2. The fraction of sp³-hybridized carbons (Fsp3) is 0.312. The number of rotatable bonds is 9. The summed E-state index contributed by atoms with van der Waals surface area (Å²) in [4.78, 5) is 20.6. The van der Waals surface area contributed by atoms with Gasteiger partial charge in [0.25, 0.3) is 0 Å². The van der Waals surface area contributed by atoms with E-state index in [1.807, 2.05) is 24.3 Å². The number of H-pyrrole nitrogens is 1. The van der Waals surface area contributed by atoms with E-state index in [0.717, 1.165) is 49.4 Å². The lowest BCUT2D eigenvalue weighted by atomic mass is 9.90. The zero-order valence-corrected chi connectivity index (χ0v) is 25.2. The predicted molar refractivity (Wildman–Crippen MR) is 169 cm³/mol. The summed E-state index contributed by atoms with van der Waals surface area (Å²) >= 11 is 1.78. The summed E-state index contributed by atoms with van der Waals surface area (Å²) in [7, 11) is 0. The van der Waals surface area contributed by atoms with E-state index in [9.17, 15) is 13.6 Å². The summed E-state index contributed by atoms with van der Waals surface area (Å²) < 4.78 is 38.0. The van der Waals surface area contributed by atoms with Crippen LogP contribution in [-0.2, 0) is 22.6 Å². The van der Waals surface area contributed by atoms with Gasteiger partial charge in [-0.25, -0.2) is 32.9 Å². The van der Waals surface area contributed by atoms with E-state index in [2.05, 4.69) is 54.3 Å². The quantitative estimate of drug-likeness (QED) is 0.257. The van der Waals surface area contributed by atoms with Crippen LogP contribution in [0.2, 0.25) is 0 Å². The van der Waals surface area contributed by atoms with Crippen molar-refractivity contribution in [3.05, 3.63) is 119 Å². The Bertz CT molecular complexity index is 1790. The topological polar surface area (TPSA) is 97.1 Å². The average molecular weight is 631 g/mol. The van der Waals surface area contributed by atoms with Crippen molar-refractivity contribution >= 4 is 23.1 Å². The van der Waals surface area contributed by atoms with E-state index < -0.39 is 17.2 Å². The van der Waals surface area contributed by atoms with Crippen molar-refractivity contribution in [2.45, 2.75) is 29.6 Å². The lowest BCUT2D eigenvalue weighted by molar-refractivity contribution is -0.0197. The molecular formula is C32H32F2N8O2S.